The topological polar surface area (TPSA) is 23.5 Å². The minimum absolute atomic E-state index is 0.383. The molecule has 1 aliphatic carbocycles. The van der Waals surface area contributed by atoms with E-state index in [2.05, 4.69) is 69.9 Å². The van der Waals surface area contributed by atoms with Crippen molar-refractivity contribution >= 4 is 0 Å². The van der Waals surface area contributed by atoms with Gasteiger partial charge in [0.15, 0.2) is 0 Å². The molecule has 0 spiro atoms. The molecule has 1 aromatic rings. The maximum atomic E-state index is 9.77. The molecule has 1 N–H and O–H groups in total. The molecule has 25 heavy (non-hydrogen) atoms. The van der Waals surface area contributed by atoms with Gasteiger partial charge in [-0.15, -0.1) is 0 Å². The smallest absolute Gasteiger partial charge is 0.119 e. The average molecular weight is 342 g/mol. The first-order valence-electron chi connectivity index (χ1n) is 9.41. The standard InChI is InChI=1S/C15H16O.C8H19N/c1-12-8-9-15(16)14(10-12)11-13-6-4-2-3-5-7-13;1-6-9(7(2)3)8(4)5/h2,4-10,16H,3,11H2,1H3;7-8H,6H2,1-5H3. The summed E-state index contributed by atoms with van der Waals surface area (Å²) in [7, 11) is 0. The maximum absolute atomic E-state index is 9.77. The summed E-state index contributed by atoms with van der Waals surface area (Å²) in [6, 6.07) is 7.11. The lowest BCUT2D eigenvalue weighted by atomic mass is 10.0. The van der Waals surface area contributed by atoms with Crippen LogP contribution < -0.4 is 0 Å². The van der Waals surface area contributed by atoms with Gasteiger partial charge in [0.1, 0.15) is 5.75 Å². The number of hydrogen-bond acceptors (Lipinski definition) is 2. The summed E-state index contributed by atoms with van der Waals surface area (Å²) in [5, 5.41) is 9.77. The predicted molar refractivity (Wildman–Crippen MR) is 110 cm³/mol. The monoisotopic (exact) mass is 341 g/mol. The summed E-state index contributed by atoms with van der Waals surface area (Å²) in [6.45, 7) is 14.4. The van der Waals surface area contributed by atoms with Gasteiger partial charge in [-0.3, -0.25) is 4.90 Å². The Morgan fingerprint density at radius 3 is 2.32 bits per heavy atom. The van der Waals surface area contributed by atoms with Gasteiger partial charge in [-0.25, -0.2) is 0 Å². The zero-order chi connectivity index (χ0) is 18.8. The normalized spacial score (nSPS) is 13.7. The molecule has 0 radical (unpaired) electrons. The summed E-state index contributed by atoms with van der Waals surface area (Å²) in [5.74, 6) is 0.383. The van der Waals surface area contributed by atoms with Crippen molar-refractivity contribution < 1.29 is 5.11 Å². The van der Waals surface area contributed by atoms with Gasteiger partial charge in [0, 0.05) is 18.5 Å². The van der Waals surface area contributed by atoms with Crippen molar-refractivity contribution in [3.63, 3.8) is 0 Å². The molecular weight excluding hydrogens is 306 g/mol. The van der Waals surface area contributed by atoms with E-state index in [1.54, 1.807) is 6.07 Å². The summed E-state index contributed by atoms with van der Waals surface area (Å²) in [5.41, 5.74) is 3.40. The quantitative estimate of drug-likeness (QED) is 0.730. The van der Waals surface area contributed by atoms with Crippen LogP contribution in [0.2, 0.25) is 0 Å². The largest absolute Gasteiger partial charge is 0.508 e. The Balaban J connectivity index is 0.000000299. The highest BCUT2D eigenvalue weighted by Gasteiger charge is 2.09. The highest BCUT2D eigenvalue weighted by Crippen LogP contribution is 2.22. The molecule has 0 fully saturated rings. The second-order valence-electron chi connectivity index (χ2n) is 7.13. The molecule has 0 unspecified atom stereocenters. The maximum Gasteiger partial charge on any atom is 0.119 e. The van der Waals surface area contributed by atoms with Gasteiger partial charge in [-0.05, 0) is 64.8 Å². The van der Waals surface area contributed by atoms with Crippen molar-refractivity contribution in [1.82, 2.24) is 4.90 Å². The van der Waals surface area contributed by atoms with Crippen LogP contribution in [0.3, 0.4) is 0 Å². The van der Waals surface area contributed by atoms with Crippen LogP contribution in [0.15, 0.2) is 54.2 Å². The fraction of sp³-hybridized carbons (Fsp3) is 0.478. The highest BCUT2D eigenvalue weighted by molar-refractivity contribution is 5.41. The highest BCUT2D eigenvalue weighted by atomic mass is 16.3. The van der Waals surface area contributed by atoms with Crippen molar-refractivity contribution in [2.75, 3.05) is 6.54 Å². The third-order valence-corrected chi connectivity index (χ3v) is 4.37. The van der Waals surface area contributed by atoms with Crippen molar-refractivity contribution in [1.29, 1.82) is 0 Å². The van der Waals surface area contributed by atoms with E-state index in [0.29, 0.717) is 17.8 Å². The summed E-state index contributed by atoms with van der Waals surface area (Å²) in [4.78, 5) is 2.46. The molecule has 0 saturated heterocycles. The van der Waals surface area contributed by atoms with Crippen LogP contribution in [0, 0.1) is 6.92 Å². The van der Waals surface area contributed by atoms with E-state index < -0.39 is 0 Å². The fourth-order valence-electron chi connectivity index (χ4n) is 3.14. The van der Waals surface area contributed by atoms with Crippen molar-refractivity contribution in [3.05, 3.63) is 65.3 Å². The predicted octanol–water partition coefficient (Wildman–Crippen LogP) is 5.81. The fourth-order valence-corrected chi connectivity index (χ4v) is 3.14. The van der Waals surface area contributed by atoms with E-state index in [1.807, 2.05) is 19.1 Å². The number of aryl methyl sites for hydroxylation is 1. The minimum Gasteiger partial charge on any atom is -0.508 e. The first-order valence-corrected chi connectivity index (χ1v) is 9.41. The lowest BCUT2D eigenvalue weighted by Crippen LogP contribution is -2.36. The minimum atomic E-state index is 0.383. The van der Waals surface area contributed by atoms with Gasteiger partial charge < -0.3 is 5.11 Å². The molecule has 0 amide bonds. The number of hydrogen-bond donors (Lipinski definition) is 1. The van der Waals surface area contributed by atoms with Gasteiger partial charge in [-0.1, -0.05) is 55.0 Å². The molecule has 2 nitrogen and oxygen atoms in total. The van der Waals surface area contributed by atoms with Crippen molar-refractivity contribution in [3.8, 4) is 5.75 Å². The lowest BCUT2D eigenvalue weighted by molar-refractivity contribution is 0.185. The van der Waals surface area contributed by atoms with Crippen LogP contribution >= 0.6 is 0 Å². The van der Waals surface area contributed by atoms with E-state index in [-0.39, 0.29) is 0 Å². The molecule has 2 rings (SSSR count). The molecule has 1 aliphatic rings. The molecule has 1 aromatic carbocycles. The Kier molecular flexibility index (Phi) is 9.30. The molecule has 0 bridgehead atoms. The van der Waals surface area contributed by atoms with E-state index in [9.17, 15) is 5.11 Å². The Bertz CT molecular complexity index is 601. The van der Waals surface area contributed by atoms with E-state index >= 15 is 0 Å². The van der Waals surface area contributed by atoms with E-state index in [1.165, 1.54) is 11.1 Å². The first kappa shape index (κ1) is 21.2. The molecule has 0 aromatic heterocycles. The molecule has 0 heterocycles. The van der Waals surface area contributed by atoms with E-state index in [0.717, 1.165) is 24.9 Å². The Morgan fingerprint density at radius 2 is 1.76 bits per heavy atom. The van der Waals surface area contributed by atoms with Crippen LogP contribution in [-0.4, -0.2) is 28.6 Å². The first-order chi connectivity index (χ1) is 11.8. The van der Waals surface area contributed by atoms with E-state index in [4.69, 9.17) is 0 Å². The third-order valence-electron chi connectivity index (χ3n) is 4.37. The van der Waals surface area contributed by atoms with Gasteiger partial charge in [0.05, 0.1) is 0 Å². The molecule has 2 heteroatoms. The van der Waals surface area contributed by atoms with Gasteiger partial charge >= 0.3 is 0 Å². The molecule has 138 valence electrons. The molecule has 0 saturated carbocycles. The number of nitrogens with zero attached hydrogens (tertiary/aromatic N) is 1. The van der Waals surface area contributed by atoms with Crippen LogP contribution in [0.1, 0.15) is 52.2 Å². The zero-order valence-corrected chi connectivity index (χ0v) is 16.8. The van der Waals surface area contributed by atoms with Crippen LogP contribution in [-0.2, 0) is 6.42 Å². The van der Waals surface area contributed by atoms with Gasteiger partial charge in [0.25, 0.3) is 0 Å². The van der Waals surface area contributed by atoms with Crippen molar-refractivity contribution in [2.45, 2.75) is 66.5 Å². The summed E-state index contributed by atoms with van der Waals surface area (Å²) >= 11 is 0. The Labute approximate surface area is 154 Å². The summed E-state index contributed by atoms with van der Waals surface area (Å²) in [6.07, 6.45) is 12.3. The molecule has 0 atom stereocenters. The number of phenols is 1. The third kappa shape index (κ3) is 7.74. The SMILES string of the molecule is CCN(C(C)C)C(C)C.Cc1ccc(O)c(CC2=CC=CCC=C2)c1. The number of rotatable bonds is 5. The van der Waals surface area contributed by atoms with Crippen LogP contribution in [0.5, 0.6) is 5.75 Å². The summed E-state index contributed by atoms with van der Waals surface area (Å²) < 4.78 is 0. The second kappa shape index (κ2) is 10.9. The molecular formula is C23H35NO. The van der Waals surface area contributed by atoms with Crippen LogP contribution in [0.4, 0.5) is 0 Å². The van der Waals surface area contributed by atoms with Crippen molar-refractivity contribution in [2.24, 2.45) is 0 Å². The average Bonchev–Trinajstić information content (AvgIpc) is 2.80. The number of benzene rings is 1. The molecule has 0 aliphatic heterocycles. The van der Waals surface area contributed by atoms with Gasteiger partial charge in [0.2, 0.25) is 0 Å². The lowest BCUT2D eigenvalue weighted by Gasteiger charge is -2.28. The van der Waals surface area contributed by atoms with Gasteiger partial charge in [-0.2, -0.15) is 0 Å². The number of aromatic hydroxyl groups is 1. The zero-order valence-electron chi connectivity index (χ0n) is 16.8. The number of allylic oxidation sites excluding steroid dienone is 6. The van der Waals surface area contributed by atoms with Crippen LogP contribution in [0.25, 0.3) is 0 Å². The Hall–Kier alpha value is -1.80. The Morgan fingerprint density at radius 1 is 1.08 bits per heavy atom. The number of phenolic OH excluding ortho intramolecular Hbond substituents is 1. The second-order valence-corrected chi connectivity index (χ2v) is 7.13.